The van der Waals surface area contributed by atoms with Crippen molar-refractivity contribution in [2.24, 2.45) is 0 Å². The average molecular weight is 445 g/mol. The van der Waals surface area contributed by atoms with Crippen LogP contribution in [0.5, 0.6) is 0 Å². The highest BCUT2D eigenvalue weighted by Gasteiger charge is 2.25. The molecular formula is C22H28N4O4S. The first-order valence-electron chi connectivity index (χ1n) is 10.7. The van der Waals surface area contributed by atoms with Gasteiger partial charge in [0.1, 0.15) is 0 Å². The van der Waals surface area contributed by atoms with Crippen LogP contribution in [0.15, 0.2) is 47.5 Å². The molecule has 0 saturated carbocycles. The van der Waals surface area contributed by atoms with Crippen LogP contribution in [0, 0.1) is 0 Å². The number of carbonyl (C=O) groups is 1. The summed E-state index contributed by atoms with van der Waals surface area (Å²) < 4.78 is 32.5. The molecule has 0 radical (unpaired) electrons. The predicted octanol–water partition coefficient (Wildman–Crippen LogP) is 2.27. The van der Waals surface area contributed by atoms with E-state index in [4.69, 9.17) is 4.74 Å². The molecule has 1 aromatic carbocycles. The molecule has 2 aliphatic heterocycles. The zero-order valence-corrected chi connectivity index (χ0v) is 18.3. The zero-order valence-electron chi connectivity index (χ0n) is 17.5. The molecule has 166 valence electrons. The molecule has 31 heavy (non-hydrogen) atoms. The molecule has 0 unspecified atom stereocenters. The second-order valence-electron chi connectivity index (χ2n) is 7.81. The summed E-state index contributed by atoms with van der Waals surface area (Å²) in [6.45, 7) is 3.87. The van der Waals surface area contributed by atoms with E-state index in [0.29, 0.717) is 32.0 Å². The molecule has 9 heteroatoms. The number of benzene rings is 1. The zero-order chi connectivity index (χ0) is 21.7. The lowest BCUT2D eigenvalue weighted by Gasteiger charge is -2.29. The molecule has 3 heterocycles. The Balaban J connectivity index is 1.40. The summed E-state index contributed by atoms with van der Waals surface area (Å²) >= 11 is 0. The minimum Gasteiger partial charge on any atom is -0.378 e. The maximum atomic E-state index is 12.8. The number of nitrogens with one attached hydrogen (secondary N) is 1. The number of piperidine rings is 1. The van der Waals surface area contributed by atoms with Crippen molar-refractivity contribution in [3.63, 3.8) is 0 Å². The summed E-state index contributed by atoms with van der Waals surface area (Å²) in [4.78, 5) is 19.4. The van der Waals surface area contributed by atoms with Crippen molar-refractivity contribution in [2.45, 2.75) is 30.6 Å². The molecule has 0 atom stereocenters. The SMILES string of the molecule is O=C(Cc1ccc(S(=O)(=O)N2CCCCC2)cc1)Nc1cccnc1N1CCOCC1. The molecule has 8 nitrogen and oxygen atoms in total. The van der Waals surface area contributed by atoms with Gasteiger partial charge in [0.15, 0.2) is 5.82 Å². The summed E-state index contributed by atoms with van der Waals surface area (Å²) in [7, 11) is -3.47. The van der Waals surface area contributed by atoms with Gasteiger partial charge in [0.05, 0.1) is 30.2 Å². The summed E-state index contributed by atoms with van der Waals surface area (Å²) in [6, 6.07) is 10.2. The van der Waals surface area contributed by atoms with E-state index >= 15 is 0 Å². The van der Waals surface area contributed by atoms with Crippen LogP contribution in [0.4, 0.5) is 11.5 Å². The molecule has 0 bridgehead atoms. The molecule has 2 aromatic rings. The third-order valence-corrected chi connectivity index (χ3v) is 7.53. The number of nitrogens with zero attached hydrogens (tertiary/aromatic N) is 3. The summed E-state index contributed by atoms with van der Waals surface area (Å²) in [6.07, 6.45) is 4.74. The van der Waals surface area contributed by atoms with Gasteiger partial charge in [0.2, 0.25) is 15.9 Å². The number of ether oxygens (including phenoxy) is 1. The van der Waals surface area contributed by atoms with Gasteiger partial charge in [-0.2, -0.15) is 4.31 Å². The van der Waals surface area contributed by atoms with Gasteiger partial charge >= 0.3 is 0 Å². The van der Waals surface area contributed by atoms with E-state index in [0.717, 1.165) is 43.7 Å². The van der Waals surface area contributed by atoms with Crippen molar-refractivity contribution in [1.29, 1.82) is 0 Å². The highest BCUT2D eigenvalue weighted by Crippen LogP contribution is 2.24. The van der Waals surface area contributed by atoms with Crippen LogP contribution < -0.4 is 10.2 Å². The van der Waals surface area contributed by atoms with Crippen molar-refractivity contribution in [1.82, 2.24) is 9.29 Å². The topological polar surface area (TPSA) is 91.8 Å². The van der Waals surface area contributed by atoms with E-state index in [1.54, 1.807) is 40.8 Å². The summed E-state index contributed by atoms with van der Waals surface area (Å²) in [5, 5.41) is 2.94. The lowest BCUT2D eigenvalue weighted by molar-refractivity contribution is -0.115. The Bertz CT molecular complexity index is 998. The van der Waals surface area contributed by atoms with E-state index < -0.39 is 10.0 Å². The number of aromatic nitrogens is 1. The molecule has 4 rings (SSSR count). The van der Waals surface area contributed by atoms with Crippen molar-refractivity contribution in [2.75, 3.05) is 49.6 Å². The van der Waals surface area contributed by atoms with Crippen LogP contribution in [-0.2, 0) is 26.0 Å². The van der Waals surface area contributed by atoms with Crippen molar-refractivity contribution >= 4 is 27.4 Å². The molecule has 2 saturated heterocycles. The molecule has 1 aromatic heterocycles. The number of sulfonamides is 1. The lowest BCUT2D eigenvalue weighted by Crippen LogP contribution is -2.37. The van der Waals surface area contributed by atoms with Crippen molar-refractivity contribution in [3.8, 4) is 0 Å². The number of carbonyl (C=O) groups excluding carboxylic acids is 1. The predicted molar refractivity (Wildman–Crippen MR) is 119 cm³/mol. The van der Waals surface area contributed by atoms with Gasteiger partial charge in [-0.1, -0.05) is 18.6 Å². The Morgan fingerprint density at radius 2 is 1.71 bits per heavy atom. The number of morpholine rings is 1. The third-order valence-electron chi connectivity index (χ3n) is 5.61. The minimum atomic E-state index is -3.47. The Morgan fingerprint density at radius 3 is 2.42 bits per heavy atom. The Hall–Kier alpha value is -2.49. The first kappa shape index (κ1) is 21.7. The average Bonchev–Trinajstić information content (AvgIpc) is 2.81. The lowest BCUT2D eigenvalue weighted by atomic mass is 10.1. The summed E-state index contributed by atoms with van der Waals surface area (Å²) in [5.74, 6) is 0.566. The minimum absolute atomic E-state index is 0.154. The number of anilines is 2. The molecule has 1 N–H and O–H groups in total. The molecule has 2 fully saturated rings. The standard InChI is InChI=1S/C22H28N4O4S/c27-21(24-20-5-4-10-23-22(20)25-13-15-30-16-14-25)17-18-6-8-19(9-7-18)31(28,29)26-11-2-1-3-12-26/h4-10H,1-3,11-17H2,(H,24,27). The quantitative estimate of drug-likeness (QED) is 0.735. The number of hydrogen-bond acceptors (Lipinski definition) is 6. The number of pyridine rings is 1. The van der Waals surface area contributed by atoms with Gasteiger partial charge in [0, 0.05) is 32.4 Å². The van der Waals surface area contributed by atoms with Crippen LogP contribution >= 0.6 is 0 Å². The second-order valence-corrected chi connectivity index (χ2v) is 9.75. The monoisotopic (exact) mass is 444 g/mol. The maximum Gasteiger partial charge on any atom is 0.243 e. The van der Waals surface area contributed by atoms with E-state index in [1.807, 2.05) is 6.07 Å². The molecular weight excluding hydrogens is 416 g/mol. The van der Waals surface area contributed by atoms with Crippen molar-refractivity contribution in [3.05, 3.63) is 48.2 Å². The number of amides is 1. The van der Waals surface area contributed by atoms with Gasteiger partial charge in [0.25, 0.3) is 0 Å². The first-order valence-corrected chi connectivity index (χ1v) is 12.1. The fraction of sp³-hybridized carbons (Fsp3) is 0.455. The first-order chi connectivity index (χ1) is 15.0. The molecule has 2 aliphatic rings. The number of rotatable bonds is 6. The van der Waals surface area contributed by atoms with Crippen LogP contribution in [0.25, 0.3) is 0 Å². The van der Waals surface area contributed by atoms with E-state index in [-0.39, 0.29) is 17.2 Å². The Morgan fingerprint density at radius 1 is 1.00 bits per heavy atom. The highest BCUT2D eigenvalue weighted by molar-refractivity contribution is 7.89. The number of hydrogen-bond donors (Lipinski definition) is 1. The normalized spacial score (nSPS) is 18.0. The van der Waals surface area contributed by atoms with Crippen LogP contribution in [0.2, 0.25) is 0 Å². The van der Waals surface area contributed by atoms with Gasteiger partial charge in [-0.15, -0.1) is 0 Å². The van der Waals surface area contributed by atoms with Crippen molar-refractivity contribution < 1.29 is 17.9 Å². The fourth-order valence-electron chi connectivity index (χ4n) is 3.94. The highest BCUT2D eigenvalue weighted by atomic mass is 32.2. The second kappa shape index (κ2) is 9.76. The maximum absolute atomic E-state index is 12.8. The van der Waals surface area contributed by atoms with Crippen LogP contribution in [0.1, 0.15) is 24.8 Å². The fourth-order valence-corrected chi connectivity index (χ4v) is 5.45. The van der Waals surface area contributed by atoms with Gasteiger partial charge in [-0.05, 0) is 42.7 Å². The van der Waals surface area contributed by atoms with Gasteiger partial charge in [-0.3, -0.25) is 4.79 Å². The Labute approximate surface area is 183 Å². The van der Waals surface area contributed by atoms with Gasteiger partial charge in [-0.25, -0.2) is 13.4 Å². The molecule has 0 spiro atoms. The van der Waals surface area contributed by atoms with Crippen LogP contribution in [-0.4, -0.2) is 63.0 Å². The van der Waals surface area contributed by atoms with Gasteiger partial charge < -0.3 is 15.0 Å². The smallest absolute Gasteiger partial charge is 0.243 e. The molecule has 0 aliphatic carbocycles. The van der Waals surface area contributed by atoms with E-state index in [9.17, 15) is 13.2 Å². The Kier molecular flexibility index (Phi) is 6.84. The summed E-state index contributed by atoms with van der Waals surface area (Å²) in [5.41, 5.74) is 1.42. The van der Waals surface area contributed by atoms with E-state index in [1.165, 1.54) is 0 Å². The van der Waals surface area contributed by atoms with Crippen LogP contribution in [0.3, 0.4) is 0 Å². The largest absolute Gasteiger partial charge is 0.378 e. The molecule has 1 amide bonds. The third kappa shape index (κ3) is 5.23. The van der Waals surface area contributed by atoms with E-state index in [2.05, 4.69) is 15.2 Å².